The van der Waals surface area contributed by atoms with Crippen LogP contribution in [0.5, 0.6) is 0 Å². The van der Waals surface area contributed by atoms with E-state index in [-0.39, 0.29) is 24.0 Å². The van der Waals surface area contributed by atoms with Gasteiger partial charge in [-0.15, -0.1) is 24.0 Å². The van der Waals surface area contributed by atoms with Crippen LogP contribution < -0.4 is 10.6 Å². The van der Waals surface area contributed by atoms with Gasteiger partial charge in [-0.2, -0.15) is 0 Å². The number of aliphatic imine (C=N–C) groups is 1. The number of halogens is 1. The Bertz CT molecular complexity index is 225. The lowest BCUT2D eigenvalue weighted by Gasteiger charge is -2.16. The lowest BCUT2D eigenvalue weighted by molar-refractivity contribution is 0.480. The first-order valence-electron chi connectivity index (χ1n) is 7.23. The second-order valence-electron chi connectivity index (χ2n) is 5.25. The summed E-state index contributed by atoms with van der Waals surface area (Å²) in [6, 6.07) is 0.496. The molecule has 0 aliphatic heterocycles. The van der Waals surface area contributed by atoms with Gasteiger partial charge in [0.1, 0.15) is 0 Å². The minimum Gasteiger partial charge on any atom is -0.356 e. The van der Waals surface area contributed by atoms with E-state index in [4.69, 9.17) is 0 Å². The Hall–Kier alpha value is 0. The summed E-state index contributed by atoms with van der Waals surface area (Å²) >= 11 is 0. The number of guanidine groups is 1. The highest BCUT2D eigenvalue weighted by molar-refractivity contribution is 14.0. The van der Waals surface area contributed by atoms with Crippen molar-refractivity contribution in [3.8, 4) is 0 Å². The smallest absolute Gasteiger partial charge is 0.191 e. The summed E-state index contributed by atoms with van der Waals surface area (Å²) in [5.74, 6) is 1.95. The largest absolute Gasteiger partial charge is 0.356 e. The molecule has 0 saturated heterocycles. The number of nitrogens with zero attached hydrogens (tertiary/aromatic N) is 1. The Labute approximate surface area is 130 Å². The second kappa shape index (κ2) is 10.9. The zero-order chi connectivity index (χ0) is 12.5. The van der Waals surface area contributed by atoms with Gasteiger partial charge >= 0.3 is 0 Å². The topological polar surface area (TPSA) is 36.4 Å². The second-order valence-corrected chi connectivity index (χ2v) is 5.25. The van der Waals surface area contributed by atoms with Crippen molar-refractivity contribution in [2.24, 2.45) is 10.9 Å². The zero-order valence-electron chi connectivity index (χ0n) is 12.2. The van der Waals surface area contributed by atoms with Gasteiger partial charge in [0, 0.05) is 19.6 Å². The van der Waals surface area contributed by atoms with Crippen molar-refractivity contribution in [3.05, 3.63) is 0 Å². The Balaban J connectivity index is 0.00000289. The molecule has 0 aromatic heterocycles. The van der Waals surface area contributed by atoms with E-state index in [1.165, 1.54) is 38.5 Å². The van der Waals surface area contributed by atoms with E-state index in [0.29, 0.717) is 6.04 Å². The number of hydrogen-bond acceptors (Lipinski definition) is 1. The third-order valence-electron chi connectivity index (χ3n) is 3.78. The van der Waals surface area contributed by atoms with Crippen molar-refractivity contribution in [1.82, 2.24) is 10.6 Å². The maximum Gasteiger partial charge on any atom is 0.191 e. The van der Waals surface area contributed by atoms with Crippen LogP contribution in [0, 0.1) is 5.92 Å². The van der Waals surface area contributed by atoms with Crippen molar-refractivity contribution in [1.29, 1.82) is 0 Å². The van der Waals surface area contributed by atoms with Crippen LogP contribution in [0.25, 0.3) is 0 Å². The highest BCUT2D eigenvalue weighted by atomic mass is 127. The summed E-state index contributed by atoms with van der Waals surface area (Å²) in [5.41, 5.74) is 0. The first kappa shape index (κ1) is 18.0. The minimum absolute atomic E-state index is 0. The third kappa shape index (κ3) is 7.44. The Morgan fingerprint density at radius 2 is 2.00 bits per heavy atom. The summed E-state index contributed by atoms with van der Waals surface area (Å²) in [5, 5.41) is 6.78. The summed E-state index contributed by atoms with van der Waals surface area (Å²) in [6.45, 7) is 5.42. The first-order valence-corrected chi connectivity index (χ1v) is 7.23. The molecule has 3 nitrogen and oxygen atoms in total. The van der Waals surface area contributed by atoms with E-state index >= 15 is 0 Å². The molecule has 1 atom stereocenters. The van der Waals surface area contributed by atoms with Crippen molar-refractivity contribution in [2.75, 3.05) is 13.6 Å². The van der Waals surface area contributed by atoms with Gasteiger partial charge in [-0.25, -0.2) is 0 Å². The summed E-state index contributed by atoms with van der Waals surface area (Å²) in [7, 11) is 1.84. The zero-order valence-corrected chi connectivity index (χ0v) is 14.5. The van der Waals surface area contributed by atoms with Gasteiger partial charge < -0.3 is 10.6 Å². The maximum atomic E-state index is 4.24. The van der Waals surface area contributed by atoms with E-state index in [9.17, 15) is 0 Å². The molecule has 1 aliphatic rings. The van der Waals surface area contributed by atoms with Crippen LogP contribution in [-0.2, 0) is 0 Å². The lowest BCUT2D eigenvalue weighted by atomic mass is 10.0. The lowest BCUT2D eigenvalue weighted by Crippen LogP contribution is -2.42. The molecule has 2 N–H and O–H groups in total. The molecule has 18 heavy (non-hydrogen) atoms. The standard InChI is InChI=1S/C14H29N3.HI/c1-4-12(2)17-14(15-3)16-11-7-10-13-8-5-6-9-13;/h12-13H,4-11H2,1-3H3,(H2,15,16,17);1H. The molecule has 1 aliphatic carbocycles. The van der Waals surface area contributed by atoms with E-state index in [0.717, 1.165) is 24.8 Å². The molecule has 0 aromatic rings. The summed E-state index contributed by atoms with van der Waals surface area (Å²) in [6.07, 6.45) is 9.60. The van der Waals surface area contributed by atoms with Gasteiger partial charge in [0.15, 0.2) is 5.96 Å². The van der Waals surface area contributed by atoms with Crippen molar-refractivity contribution >= 4 is 29.9 Å². The van der Waals surface area contributed by atoms with Crippen LogP contribution >= 0.6 is 24.0 Å². The van der Waals surface area contributed by atoms with Crippen LogP contribution in [-0.4, -0.2) is 25.6 Å². The third-order valence-corrected chi connectivity index (χ3v) is 3.78. The fourth-order valence-corrected chi connectivity index (χ4v) is 2.43. The normalized spacial score (nSPS) is 18.3. The average Bonchev–Trinajstić information content (AvgIpc) is 2.85. The van der Waals surface area contributed by atoms with Crippen molar-refractivity contribution in [2.45, 2.75) is 64.8 Å². The fraction of sp³-hybridized carbons (Fsp3) is 0.929. The molecule has 1 rings (SSSR count). The molecular formula is C14H30IN3. The minimum atomic E-state index is 0. The predicted octanol–water partition coefficient (Wildman–Crippen LogP) is 3.54. The molecule has 1 fully saturated rings. The molecule has 1 unspecified atom stereocenters. The van der Waals surface area contributed by atoms with Gasteiger partial charge in [0.2, 0.25) is 0 Å². The molecule has 108 valence electrons. The molecule has 0 radical (unpaired) electrons. The Morgan fingerprint density at radius 3 is 2.56 bits per heavy atom. The number of nitrogens with one attached hydrogen (secondary N) is 2. The molecule has 0 amide bonds. The molecule has 1 saturated carbocycles. The number of rotatable bonds is 6. The SMILES string of the molecule is CCC(C)NC(=NC)NCCCC1CCCC1.I. The molecule has 0 heterocycles. The monoisotopic (exact) mass is 367 g/mol. The van der Waals surface area contributed by atoms with E-state index in [1.807, 2.05) is 7.05 Å². The van der Waals surface area contributed by atoms with E-state index in [2.05, 4.69) is 29.5 Å². The van der Waals surface area contributed by atoms with Crippen LogP contribution in [0.3, 0.4) is 0 Å². The summed E-state index contributed by atoms with van der Waals surface area (Å²) in [4.78, 5) is 4.24. The molecule has 0 aromatic carbocycles. The first-order chi connectivity index (χ1) is 8.26. The van der Waals surface area contributed by atoms with Crippen LogP contribution in [0.15, 0.2) is 4.99 Å². The van der Waals surface area contributed by atoms with E-state index in [1.54, 1.807) is 0 Å². The quantitative estimate of drug-likeness (QED) is 0.326. The molecule has 0 bridgehead atoms. The van der Waals surface area contributed by atoms with Crippen LogP contribution in [0.4, 0.5) is 0 Å². The maximum absolute atomic E-state index is 4.24. The Morgan fingerprint density at radius 1 is 1.33 bits per heavy atom. The van der Waals surface area contributed by atoms with Gasteiger partial charge in [-0.05, 0) is 32.1 Å². The van der Waals surface area contributed by atoms with Crippen molar-refractivity contribution in [3.63, 3.8) is 0 Å². The van der Waals surface area contributed by atoms with Crippen LogP contribution in [0.1, 0.15) is 58.8 Å². The summed E-state index contributed by atoms with van der Waals surface area (Å²) < 4.78 is 0. The molecule has 0 spiro atoms. The average molecular weight is 367 g/mol. The van der Waals surface area contributed by atoms with Crippen LogP contribution in [0.2, 0.25) is 0 Å². The highest BCUT2D eigenvalue weighted by Gasteiger charge is 2.14. The molecular weight excluding hydrogens is 337 g/mol. The predicted molar refractivity (Wildman–Crippen MR) is 90.9 cm³/mol. The van der Waals surface area contributed by atoms with E-state index < -0.39 is 0 Å². The van der Waals surface area contributed by atoms with Gasteiger partial charge in [0.05, 0.1) is 0 Å². The van der Waals surface area contributed by atoms with Crippen molar-refractivity contribution < 1.29 is 0 Å². The Kier molecular flexibility index (Phi) is 10.9. The fourth-order valence-electron chi connectivity index (χ4n) is 2.43. The number of hydrogen-bond donors (Lipinski definition) is 2. The highest BCUT2D eigenvalue weighted by Crippen LogP contribution is 2.28. The molecule has 4 heteroatoms. The van der Waals surface area contributed by atoms with Gasteiger partial charge in [-0.1, -0.05) is 32.6 Å². The van der Waals surface area contributed by atoms with Gasteiger partial charge in [0.25, 0.3) is 0 Å². The van der Waals surface area contributed by atoms with Gasteiger partial charge in [-0.3, -0.25) is 4.99 Å².